The largest absolute Gasteiger partial charge is 0.423 e. The zero-order valence-corrected chi connectivity index (χ0v) is 27.1. The third-order valence-corrected chi connectivity index (χ3v) is 10.2. The molecule has 5 rings (SSSR count). The molecule has 0 spiro atoms. The summed E-state index contributed by atoms with van der Waals surface area (Å²) < 4.78 is 20.5. The monoisotopic (exact) mass is 588 g/mol. The Bertz CT molecular complexity index is 1240. The fraction of sp³-hybridized carbons (Fsp3) is 0.595. The molecule has 6 heteroatoms. The Morgan fingerprint density at radius 1 is 0.907 bits per heavy atom. The molecule has 2 atom stereocenters. The first-order valence-electron chi connectivity index (χ1n) is 16.8. The van der Waals surface area contributed by atoms with Gasteiger partial charge in [-0.15, -0.1) is 0 Å². The Kier molecular flexibility index (Phi) is 11.0. The van der Waals surface area contributed by atoms with Crippen LogP contribution in [0.3, 0.4) is 0 Å². The van der Waals surface area contributed by atoms with Crippen molar-refractivity contribution in [1.82, 2.24) is 14.8 Å². The Hall–Kier alpha value is -2.70. The van der Waals surface area contributed by atoms with Gasteiger partial charge in [-0.1, -0.05) is 76.1 Å². The van der Waals surface area contributed by atoms with Crippen LogP contribution in [0.1, 0.15) is 101 Å². The highest BCUT2D eigenvalue weighted by atomic mass is 19.1. The molecule has 5 nitrogen and oxygen atoms in total. The van der Waals surface area contributed by atoms with Crippen LogP contribution >= 0.6 is 0 Å². The number of anilines is 1. The van der Waals surface area contributed by atoms with Gasteiger partial charge in [-0.25, -0.2) is 9.37 Å². The van der Waals surface area contributed by atoms with Crippen LogP contribution in [0.2, 0.25) is 0 Å². The maximum atomic E-state index is 13.7. The van der Waals surface area contributed by atoms with Gasteiger partial charge in [0.2, 0.25) is 11.8 Å². The van der Waals surface area contributed by atoms with Crippen molar-refractivity contribution in [1.29, 1.82) is 0 Å². The summed E-state index contributed by atoms with van der Waals surface area (Å²) in [6.07, 6.45) is 9.10. The molecule has 2 fully saturated rings. The minimum absolute atomic E-state index is 0.163. The molecule has 2 aromatic carbocycles. The van der Waals surface area contributed by atoms with Crippen molar-refractivity contribution in [2.75, 3.05) is 45.2 Å². The molecule has 3 aromatic rings. The second-order valence-corrected chi connectivity index (χ2v) is 13.3. The first kappa shape index (κ1) is 31.7. The van der Waals surface area contributed by atoms with Crippen LogP contribution in [0.4, 0.5) is 10.3 Å². The number of rotatable bonds is 12. The summed E-state index contributed by atoms with van der Waals surface area (Å²) in [5.41, 5.74) is 3.59. The van der Waals surface area contributed by atoms with Gasteiger partial charge in [-0.3, -0.25) is 4.90 Å². The lowest BCUT2D eigenvalue weighted by atomic mass is 9.74. The predicted octanol–water partition coefficient (Wildman–Crippen LogP) is 8.52. The van der Waals surface area contributed by atoms with E-state index in [4.69, 9.17) is 9.40 Å². The van der Waals surface area contributed by atoms with Gasteiger partial charge in [0.25, 0.3) is 0 Å². The second kappa shape index (κ2) is 14.9. The van der Waals surface area contributed by atoms with Gasteiger partial charge < -0.3 is 14.2 Å². The Balaban J connectivity index is 1.34. The van der Waals surface area contributed by atoms with Gasteiger partial charge in [0.05, 0.1) is 6.04 Å². The number of piperidine rings is 1. The smallest absolute Gasteiger partial charge is 0.219 e. The molecule has 1 aliphatic carbocycles. The number of halogens is 1. The Morgan fingerprint density at radius 3 is 2.16 bits per heavy atom. The predicted molar refractivity (Wildman–Crippen MR) is 175 cm³/mol. The van der Waals surface area contributed by atoms with Gasteiger partial charge >= 0.3 is 0 Å². The molecular formula is C37H53FN4O. The second-order valence-electron chi connectivity index (χ2n) is 13.3. The van der Waals surface area contributed by atoms with Crippen LogP contribution in [-0.4, -0.2) is 55.1 Å². The van der Waals surface area contributed by atoms with E-state index < -0.39 is 0 Å². The minimum atomic E-state index is -0.163. The Morgan fingerprint density at radius 2 is 1.56 bits per heavy atom. The summed E-state index contributed by atoms with van der Waals surface area (Å²) in [6.45, 7) is 10.9. The molecule has 0 N–H and O–H groups in total. The zero-order chi connectivity index (χ0) is 30.3. The number of hydrogen-bond donors (Lipinski definition) is 0. The average Bonchev–Trinajstić information content (AvgIpc) is 3.43. The minimum Gasteiger partial charge on any atom is -0.423 e. The molecule has 2 unspecified atom stereocenters. The van der Waals surface area contributed by atoms with E-state index in [-0.39, 0.29) is 11.9 Å². The summed E-state index contributed by atoms with van der Waals surface area (Å²) in [5, 5.41) is 0. The fourth-order valence-corrected chi connectivity index (χ4v) is 7.65. The number of nitrogens with zero attached hydrogens (tertiary/aromatic N) is 4. The summed E-state index contributed by atoms with van der Waals surface area (Å²) in [5.74, 6) is 3.73. The molecule has 0 bridgehead atoms. The lowest BCUT2D eigenvalue weighted by Gasteiger charge is -2.39. The normalized spacial score (nSPS) is 21.4. The molecule has 1 aliphatic heterocycles. The van der Waals surface area contributed by atoms with E-state index in [9.17, 15) is 4.39 Å². The van der Waals surface area contributed by atoms with Crippen LogP contribution < -0.4 is 4.90 Å². The molecule has 1 saturated carbocycles. The summed E-state index contributed by atoms with van der Waals surface area (Å²) in [4.78, 5) is 12.6. The molecule has 234 valence electrons. The first-order valence-corrected chi connectivity index (χ1v) is 16.8. The molecule has 0 radical (unpaired) electrons. The van der Waals surface area contributed by atoms with Gasteiger partial charge in [-0.2, -0.15) is 0 Å². The van der Waals surface area contributed by atoms with Crippen LogP contribution in [0.25, 0.3) is 0 Å². The third kappa shape index (κ3) is 7.88. The van der Waals surface area contributed by atoms with Crippen molar-refractivity contribution < 1.29 is 8.81 Å². The van der Waals surface area contributed by atoms with Crippen LogP contribution in [0.5, 0.6) is 0 Å². The number of hydrogen-bond acceptors (Lipinski definition) is 5. The van der Waals surface area contributed by atoms with Crippen molar-refractivity contribution in [3.05, 3.63) is 83.1 Å². The van der Waals surface area contributed by atoms with E-state index in [0.29, 0.717) is 17.9 Å². The van der Waals surface area contributed by atoms with Crippen LogP contribution in [-0.2, 0) is 6.42 Å². The maximum absolute atomic E-state index is 13.7. The average molecular weight is 589 g/mol. The quantitative estimate of drug-likeness (QED) is 0.212. The van der Waals surface area contributed by atoms with Crippen molar-refractivity contribution >= 4 is 5.88 Å². The molecule has 1 aromatic heterocycles. The maximum Gasteiger partial charge on any atom is 0.219 e. The zero-order valence-electron chi connectivity index (χ0n) is 27.1. The van der Waals surface area contributed by atoms with Gasteiger partial charge in [0.1, 0.15) is 11.5 Å². The molecule has 2 aliphatic rings. The molecule has 1 saturated heterocycles. The van der Waals surface area contributed by atoms with Crippen molar-refractivity contribution in [2.45, 2.75) is 84.2 Å². The third-order valence-electron chi connectivity index (χ3n) is 10.2. The fourth-order valence-electron chi connectivity index (χ4n) is 7.65. The highest BCUT2D eigenvalue weighted by molar-refractivity contribution is 5.44. The topological polar surface area (TPSA) is 35.8 Å². The SMILES string of the molecule is CCN(CC)C(CC1CCC(C(c2ccc(F)cc2)N(C)C)CC1)c1nc(Cc2ccccc2)c(N2CCC(C)CC2)o1. The lowest BCUT2D eigenvalue weighted by molar-refractivity contribution is 0.112. The summed E-state index contributed by atoms with van der Waals surface area (Å²) >= 11 is 0. The highest BCUT2D eigenvalue weighted by Crippen LogP contribution is 2.43. The van der Waals surface area contributed by atoms with E-state index >= 15 is 0 Å². The molecule has 43 heavy (non-hydrogen) atoms. The van der Waals surface area contributed by atoms with Crippen LogP contribution in [0, 0.1) is 23.6 Å². The Labute approximate surface area is 259 Å². The van der Waals surface area contributed by atoms with E-state index in [0.717, 1.165) is 62.4 Å². The lowest BCUT2D eigenvalue weighted by Crippen LogP contribution is -2.33. The number of aromatic nitrogens is 1. The number of benzene rings is 2. The van der Waals surface area contributed by atoms with Crippen molar-refractivity contribution in [3.63, 3.8) is 0 Å². The molecular weight excluding hydrogens is 535 g/mol. The summed E-state index contributed by atoms with van der Waals surface area (Å²) in [6, 6.07) is 18.4. The molecule has 0 amide bonds. The van der Waals surface area contributed by atoms with Gasteiger partial charge in [-0.05, 0) is 100 Å². The highest BCUT2D eigenvalue weighted by Gasteiger charge is 2.34. The van der Waals surface area contributed by atoms with Gasteiger partial charge in [0, 0.05) is 25.6 Å². The number of oxazole rings is 1. The first-order chi connectivity index (χ1) is 20.9. The summed E-state index contributed by atoms with van der Waals surface area (Å²) in [7, 11) is 4.32. The van der Waals surface area contributed by atoms with E-state index in [1.165, 1.54) is 49.7 Å². The van der Waals surface area contributed by atoms with Gasteiger partial charge in [0.15, 0.2) is 0 Å². The van der Waals surface area contributed by atoms with E-state index in [1.54, 1.807) is 12.1 Å². The van der Waals surface area contributed by atoms with Crippen molar-refractivity contribution in [3.8, 4) is 0 Å². The van der Waals surface area contributed by atoms with Crippen molar-refractivity contribution in [2.24, 2.45) is 17.8 Å². The molecule has 2 heterocycles. The van der Waals surface area contributed by atoms with Crippen LogP contribution in [0.15, 0.2) is 59.0 Å². The standard InChI is InChI=1S/C37H53FN4O/c1-6-41(7-2)34(26-29-13-15-30(16-14-29)35(40(4)5)31-17-19-32(38)20-18-31)36-39-33(25-28-11-9-8-10-12-28)37(43-36)42-23-21-27(3)22-24-42/h8-12,17-20,27,29-30,34-35H,6-7,13-16,21-26H2,1-5H3. The van der Waals surface area contributed by atoms with E-state index in [2.05, 4.69) is 79.9 Å². The van der Waals surface area contributed by atoms with E-state index in [1.807, 2.05) is 12.1 Å².